The number of benzene rings is 7. The maximum Gasteiger partial charge on any atom is 0.335 e. The van der Waals surface area contributed by atoms with Crippen molar-refractivity contribution in [1.82, 2.24) is 10.6 Å². The zero-order valence-electron chi connectivity index (χ0n) is 40.1. The van der Waals surface area contributed by atoms with Crippen molar-refractivity contribution in [3.05, 3.63) is 238 Å². The lowest BCUT2D eigenvalue weighted by molar-refractivity contribution is -0.384. The van der Waals surface area contributed by atoms with Gasteiger partial charge in [0.25, 0.3) is 23.4 Å². The van der Waals surface area contributed by atoms with Gasteiger partial charge in [0.05, 0.1) is 34.3 Å². The lowest BCUT2D eigenvalue weighted by Crippen LogP contribution is -2.52. The van der Waals surface area contributed by atoms with Crippen molar-refractivity contribution in [2.75, 3.05) is 22.6 Å². The molecule has 5 amide bonds. The highest BCUT2D eigenvalue weighted by Gasteiger charge is 2.39. The van der Waals surface area contributed by atoms with E-state index in [-0.39, 0.29) is 57.4 Å². The van der Waals surface area contributed by atoms with Crippen LogP contribution in [0.1, 0.15) is 78.4 Å². The van der Waals surface area contributed by atoms with E-state index in [1.807, 2.05) is 91.0 Å². The molecule has 0 aromatic heterocycles. The van der Waals surface area contributed by atoms with Crippen LogP contribution < -0.4 is 36.1 Å². The number of carboxylic acids is 1. The number of nitro groups is 1. The molecule has 7 aromatic rings. The number of hydrogen-bond donors (Lipinski definition) is 6. The second-order valence-electron chi connectivity index (χ2n) is 16.9. The van der Waals surface area contributed by atoms with Crippen LogP contribution in [0.2, 0.25) is 0 Å². The summed E-state index contributed by atoms with van der Waals surface area (Å²) in [5.74, 6) is -4.47. The lowest BCUT2D eigenvalue weighted by atomic mass is 9.77. The van der Waals surface area contributed by atoms with Gasteiger partial charge in [-0.1, -0.05) is 104 Å². The summed E-state index contributed by atoms with van der Waals surface area (Å²) in [6.45, 7) is 7.16. The number of amides is 5. The average molecular weight is 995 g/mol. The fourth-order valence-corrected chi connectivity index (χ4v) is 7.91. The molecule has 0 fully saturated rings. The molecule has 0 aliphatic carbocycles. The number of carbonyl (C=O) groups excluding carboxylic acids is 5. The number of anilines is 3. The minimum absolute atomic E-state index is 0.000395. The Balaban J connectivity index is 1.14. The van der Waals surface area contributed by atoms with Gasteiger partial charge in [0.2, 0.25) is 11.8 Å². The Hall–Kier alpha value is -9.90. The predicted molar refractivity (Wildman–Crippen MR) is 279 cm³/mol. The number of rotatable bonds is 21. The van der Waals surface area contributed by atoms with Crippen LogP contribution in [0.15, 0.2) is 189 Å². The number of carbonyl (C=O) groups is 6. The molecule has 1 atom stereocenters. The summed E-state index contributed by atoms with van der Waals surface area (Å²) in [7, 11) is 0. The molecule has 7 aromatic carbocycles. The third-order valence-corrected chi connectivity index (χ3v) is 11.4. The van der Waals surface area contributed by atoms with Crippen LogP contribution in [-0.2, 0) is 15.1 Å². The second-order valence-corrected chi connectivity index (χ2v) is 16.9. The lowest BCUT2D eigenvalue weighted by Gasteiger charge is -2.37. The van der Waals surface area contributed by atoms with Gasteiger partial charge in [-0.3, -0.25) is 34.1 Å². The fraction of sp³-hybridized carbons (Fsp3) is 0.123. The molecule has 6 N–H and O–H groups in total. The molecule has 74 heavy (non-hydrogen) atoms. The van der Waals surface area contributed by atoms with E-state index in [1.54, 1.807) is 13.8 Å². The minimum atomic E-state index is -1.50. The van der Waals surface area contributed by atoms with E-state index in [0.29, 0.717) is 5.69 Å². The monoisotopic (exact) mass is 994 g/mol. The van der Waals surface area contributed by atoms with Gasteiger partial charge in [-0.05, 0) is 103 Å². The van der Waals surface area contributed by atoms with Crippen LogP contribution in [0.5, 0.6) is 11.5 Å². The van der Waals surface area contributed by atoms with Gasteiger partial charge in [0.1, 0.15) is 18.2 Å². The number of aromatic carboxylic acids is 1. The number of nitro benzene ring substituents is 1. The molecule has 17 nitrogen and oxygen atoms in total. The van der Waals surface area contributed by atoms with E-state index in [0.717, 1.165) is 28.8 Å². The van der Waals surface area contributed by atoms with Crippen molar-refractivity contribution < 1.29 is 48.3 Å². The summed E-state index contributed by atoms with van der Waals surface area (Å²) in [6, 6.07) is 45.5. The van der Waals surface area contributed by atoms with E-state index >= 15 is 0 Å². The maximum atomic E-state index is 14.5. The smallest absolute Gasteiger partial charge is 0.335 e. The normalized spacial score (nSPS) is 11.3. The van der Waals surface area contributed by atoms with Crippen LogP contribution in [0.4, 0.5) is 22.7 Å². The molecule has 0 saturated carbocycles. The Morgan fingerprint density at radius 3 is 1.62 bits per heavy atom. The second kappa shape index (κ2) is 23.8. The van der Waals surface area contributed by atoms with E-state index in [4.69, 9.17) is 9.47 Å². The van der Waals surface area contributed by atoms with Gasteiger partial charge in [-0.2, -0.15) is 0 Å². The molecule has 0 unspecified atom stereocenters. The number of carboxylic acid groups (broad SMARTS) is 1. The SMILES string of the molecule is C=CCOc1c(C(=O)Nc2ccc(C(=O)O)cc2)ccc(NC(=O)c2ccc(NC(=O)[C@H](CC(=O)NC(c3ccccc3)(c3ccccc3)c3ccccc3)NC(=O)c3ccc([N+](=O)[O-])cc3)cc2)c1OC(C)C. The van der Waals surface area contributed by atoms with Crippen LogP contribution in [-0.4, -0.2) is 64.3 Å². The average Bonchev–Trinajstić information content (AvgIpc) is 3.41. The summed E-state index contributed by atoms with van der Waals surface area (Å²) in [5.41, 5.74) is 1.56. The van der Waals surface area contributed by atoms with Crippen LogP contribution in [0.25, 0.3) is 0 Å². The highest BCUT2D eigenvalue weighted by Crippen LogP contribution is 2.41. The molecule has 0 aliphatic rings. The third kappa shape index (κ3) is 12.5. The molecule has 0 saturated heterocycles. The maximum absolute atomic E-state index is 14.5. The molecule has 7 rings (SSSR count). The Bertz CT molecular complexity index is 3070. The van der Waals surface area contributed by atoms with E-state index in [1.165, 1.54) is 78.9 Å². The molecular formula is C57H50N6O11. The minimum Gasteiger partial charge on any atom is -0.485 e. The first-order chi connectivity index (χ1) is 35.7. The topological polar surface area (TPSA) is 244 Å². The van der Waals surface area contributed by atoms with Crippen molar-refractivity contribution in [2.24, 2.45) is 0 Å². The van der Waals surface area contributed by atoms with Gasteiger partial charge in [-0.25, -0.2) is 4.79 Å². The largest absolute Gasteiger partial charge is 0.485 e. The van der Waals surface area contributed by atoms with Crippen molar-refractivity contribution in [3.63, 3.8) is 0 Å². The van der Waals surface area contributed by atoms with Crippen molar-refractivity contribution in [3.8, 4) is 11.5 Å². The molecule has 0 bridgehead atoms. The van der Waals surface area contributed by atoms with Crippen molar-refractivity contribution in [1.29, 1.82) is 0 Å². The number of non-ortho nitro benzene ring substituents is 1. The number of ether oxygens (including phenoxy) is 2. The summed E-state index contributed by atoms with van der Waals surface area (Å²) in [4.78, 5) is 92.1. The number of nitrogens with zero attached hydrogens (tertiary/aromatic N) is 1. The zero-order valence-corrected chi connectivity index (χ0v) is 40.1. The van der Waals surface area contributed by atoms with Gasteiger partial charge < -0.3 is 41.2 Å². The highest BCUT2D eigenvalue weighted by molar-refractivity contribution is 6.10. The zero-order chi connectivity index (χ0) is 52.8. The molecule has 0 aliphatic heterocycles. The first-order valence-electron chi connectivity index (χ1n) is 23.1. The van der Waals surface area contributed by atoms with Gasteiger partial charge in [0, 0.05) is 34.6 Å². The summed E-state index contributed by atoms with van der Waals surface area (Å²) >= 11 is 0. The first-order valence-corrected chi connectivity index (χ1v) is 23.1. The summed E-state index contributed by atoms with van der Waals surface area (Å²) in [6.07, 6.45) is 0.461. The van der Waals surface area contributed by atoms with Gasteiger partial charge >= 0.3 is 5.97 Å². The van der Waals surface area contributed by atoms with E-state index < -0.39 is 64.5 Å². The molecule has 0 heterocycles. The summed E-state index contributed by atoms with van der Waals surface area (Å²) < 4.78 is 12.1. The van der Waals surface area contributed by atoms with Crippen LogP contribution >= 0.6 is 0 Å². The highest BCUT2D eigenvalue weighted by atomic mass is 16.6. The van der Waals surface area contributed by atoms with Crippen molar-refractivity contribution in [2.45, 2.75) is 38.0 Å². The standard InChI is InChI=1S/C57H50N6O11/c1-4-34-73-50-46(54(67)58-43-28-22-39(23-29-43)56(69)70)32-33-47(51(50)74-36(2)3)60-52(65)37-20-26-44(27-21-37)59-55(68)48(61-53(66)38-24-30-45(31-25-38)63(71)72)35-49(64)62-57(40-14-8-5-9-15-40,41-16-10-6-11-17-41)42-18-12-7-13-19-42/h4-33,36,48H,1,34-35H2,2-3H3,(H,58,67)(H,59,68)(H,60,65)(H,61,66)(H,62,64)(H,69,70)/t48-/m0/s1. The molecule has 17 heteroatoms. The molecule has 0 radical (unpaired) electrons. The third-order valence-electron chi connectivity index (χ3n) is 11.4. The quantitative estimate of drug-likeness (QED) is 0.0171. The van der Waals surface area contributed by atoms with Crippen molar-refractivity contribution >= 4 is 58.3 Å². The molecule has 374 valence electrons. The van der Waals surface area contributed by atoms with Gasteiger partial charge in [0.15, 0.2) is 11.5 Å². The Morgan fingerprint density at radius 1 is 0.622 bits per heavy atom. The first kappa shape index (κ1) is 51.9. The molecular weight excluding hydrogens is 945 g/mol. The molecule has 0 spiro atoms. The van der Waals surface area contributed by atoms with Gasteiger partial charge in [-0.15, -0.1) is 0 Å². The van der Waals surface area contributed by atoms with Crippen LogP contribution in [0, 0.1) is 10.1 Å². The van der Waals surface area contributed by atoms with E-state index in [9.17, 15) is 44.0 Å². The Morgan fingerprint density at radius 2 is 1.12 bits per heavy atom. The number of nitrogens with one attached hydrogen (secondary N) is 5. The summed E-state index contributed by atoms with van der Waals surface area (Å²) in [5, 5.41) is 34.7. The van der Waals surface area contributed by atoms with Crippen LogP contribution in [0.3, 0.4) is 0 Å². The Kier molecular flexibility index (Phi) is 16.7. The predicted octanol–water partition coefficient (Wildman–Crippen LogP) is 9.39. The Labute approximate surface area is 425 Å². The fourth-order valence-electron chi connectivity index (χ4n) is 7.91. The van der Waals surface area contributed by atoms with E-state index in [2.05, 4.69) is 33.2 Å². The number of hydrogen-bond acceptors (Lipinski definition) is 10.